The van der Waals surface area contributed by atoms with Gasteiger partial charge in [-0.15, -0.1) is 0 Å². The number of hydrogen-bond acceptors (Lipinski definition) is 3. The average Bonchev–Trinajstić information content (AvgIpc) is 2.42. The third kappa shape index (κ3) is 3.69. The van der Waals surface area contributed by atoms with Crippen molar-refractivity contribution in [2.45, 2.75) is 0 Å². The highest BCUT2D eigenvalue weighted by atomic mass is 16.4. The van der Waals surface area contributed by atoms with Gasteiger partial charge < -0.3 is 15.3 Å². The number of hydrogen-bond donors (Lipinski definition) is 2. The fraction of sp³-hybridized carbons (Fsp3) is 0.385. The molecule has 0 unspecified atom stereocenters. The van der Waals surface area contributed by atoms with Gasteiger partial charge in [-0.25, -0.2) is 9.59 Å². The number of nitrogens with one attached hydrogen (secondary N) is 1. The Kier molecular flexibility index (Phi) is 5.32. The number of anilines is 1. The molecule has 2 amide bonds. The number of aromatic carboxylic acids is 1. The van der Waals surface area contributed by atoms with Gasteiger partial charge >= 0.3 is 12.0 Å². The van der Waals surface area contributed by atoms with Gasteiger partial charge in [0.25, 0.3) is 0 Å². The summed E-state index contributed by atoms with van der Waals surface area (Å²) >= 11 is 0. The van der Waals surface area contributed by atoms with Crippen LogP contribution in [-0.2, 0) is 0 Å². The molecule has 104 valence electrons. The third-order valence-corrected chi connectivity index (χ3v) is 2.81. The Morgan fingerprint density at radius 2 is 1.89 bits per heavy atom. The highest BCUT2D eigenvalue weighted by Crippen LogP contribution is 2.20. The van der Waals surface area contributed by atoms with Crippen molar-refractivity contribution in [3.05, 3.63) is 29.8 Å². The lowest BCUT2D eigenvalue weighted by Crippen LogP contribution is -2.42. The maximum absolute atomic E-state index is 12.2. The molecule has 0 fully saturated rings. The zero-order valence-corrected chi connectivity index (χ0v) is 11.4. The van der Waals surface area contributed by atoms with Crippen LogP contribution in [0.5, 0.6) is 0 Å². The molecule has 0 spiro atoms. The highest BCUT2D eigenvalue weighted by molar-refractivity contribution is 6.00. The van der Waals surface area contributed by atoms with Gasteiger partial charge in [0.15, 0.2) is 0 Å². The summed E-state index contributed by atoms with van der Waals surface area (Å²) in [6.07, 6.45) is 0. The number of carbonyl (C=O) groups excluding carboxylic acids is 1. The van der Waals surface area contributed by atoms with Gasteiger partial charge in [-0.2, -0.15) is 0 Å². The molecule has 0 aliphatic rings. The number of carbonyl (C=O) groups is 2. The van der Waals surface area contributed by atoms with Crippen molar-refractivity contribution in [3.63, 3.8) is 0 Å². The summed E-state index contributed by atoms with van der Waals surface area (Å²) in [5, 5.41) is 12.1. The van der Waals surface area contributed by atoms with Crippen molar-refractivity contribution in [1.29, 1.82) is 0 Å². The highest BCUT2D eigenvalue weighted by Gasteiger charge is 2.20. The lowest BCUT2D eigenvalue weighted by Gasteiger charge is -2.25. The van der Waals surface area contributed by atoms with E-state index >= 15 is 0 Å². The number of likely N-dealkylation sites (N-methyl/N-ethyl adjacent to an activating group) is 2. The number of rotatable bonds is 5. The van der Waals surface area contributed by atoms with Gasteiger partial charge in [0.05, 0.1) is 11.3 Å². The first-order valence-corrected chi connectivity index (χ1v) is 5.94. The number of carboxylic acid groups (broad SMARTS) is 1. The molecule has 1 rings (SSSR count). The third-order valence-electron chi connectivity index (χ3n) is 2.81. The van der Waals surface area contributed by atoms with Crippen molar-refractivity contribution in [3.8, 4) is 0 Å². The molecule has 0 aliphatic heterocycles. The molecule has 1 aromatic carbocycles. The van der Waals surface area contributed by atoms with E-state index in [2.05, 4.69) is 5.32 Å². The first kappa shape index (κ1) is 15.0. The molecule has 0 heterocycles. The molecule has 0 saturated carbocycles. The van der Waals surface area contributed by atoms with Crippen LogP contribution >= 0.6 is 0 Å². The Bertz CT molecular complexity index is 462. The second-order valence-electron chi connectivity index (χ2n) is 4.19. The fourth-order valence-corrected chi connectivity index (χ4v) is 1.68. The van der Waals surface area contributed by atoms with Gasteiger partial charge in [-0.3, -0.25) is 4.90 Å². The van der Waals surface area contributed by atoms with E-state index in [0.29, 0.717) is 18.8 Å². The van der Waals surface area contributed by atoms with E-state index < -0.39 is 5.97 Å². The minimum absolute atomic E-state index is 0.111. The van der Waals surface area contributed by atoms with Crippen LogP contribution in [0.1, 0.15) is 10.4 Å². The van der Waals surface area contributed by atoms with Gasteiger partial charge in [-0.1, -0.05) is 12.1 Å². The number of urea groups is 1. The van der Waals surface area contributed by atoms with E-state index in [1.54, 1.807) is 32.3 Å². The van der Waals surface area contributed by atoms with Gasteiger partial charge in [-0.05, 0) is 19.2 Å². The summed E-state index contributed by atoms with van der Waals surface area (Å²) in [7, 11) is 5.06. The summed E-state index contributed by atoms with van der Waals surface area (Å²) < 4.78 is 0. The Morgan fingerprint density at radius 3 is 2.47 bits per heavy atom. The van der Waals surface area contributed by atoms with E-state index in [-0.39, 0.29) is 11.6 Å². The number of amides is 2. The predicted molar refractivity (Wildman–Crippen MR) is 73.8 cm³/mol. The molecule has 6 nitrogen and oxygen atoms in total. The molecule has 0 aromatic heterocycles. The van der Waals surface area contributed by atoms with E-state index in [9.17, 15) is 9.59 Å². The largest absolute Gasteiger partial charge is 0.478 e. The average molecular weight is 265 g/mol. The normalized spacial score (nSPS) is 10.1. The molecular formula is C13H19N3O3. The van der Waals surface area contributed by atoms with Crippen molar-refractivity contribution in [2.24, 2.45) is 0 Å². The van der Waals surface area contributed by atoms with E-state index in [1.807, 2.05) is 7.05 Å². The Balaban J connectivity index is 2.91. The Hall–Kier alpha value is -2.08. The maximum Gasteiger partial charge on any atom is 0.337 e. The Labute approximate surface area is 112 Å². The molecule has 1 aromatic rings. The first-order chi connectivity index (χ1) is 8.99. The monoisotopic (exact) mass is 265 g/mol. The minimum Gasteiger partial charge on any atom is -0.478 e. The lowest BCUT2D eigenvalue weighted by atomic mass is 10.1. The molecule has 0 radical (unpaired) electrons. The van der Waals surface area contributed by atoms with Crippen LogP contribution in [-0.4, -0.2) is 56.2 Å². The van der Waals surface area contributed by atoms with Crippen molar-refractivity contribution in [1.82, 2.24) is 10.2 Å². The predicted octanol–water partition coefficient (Wildman–Crippen LogP) is 1.09. The van der Waals surface area contributed by atoms with Crippen LogP contribution in [0.25, 0.3) is 0 Å². The van der Waals surface area contributed by atoms with Crippen LogP contribution < -0.4 is 10.2 Å². The van der Waals surface area contributed by atoms with Crippen LogP contribution in [0.15, 0.2) is 24.3 Å². The quantitative estimate of drug-likeness (QED) is 0.836. The summed E-state index contributed by atoms with van der Waals surface area (Å²) in [4.78, 5) is 26.2. The van der Waals surface area contributed by atoms with Crippen LogP contribution in [0.4, 0.5) is 10.5 Å². The Morgan fingerprint density at radius 1 is 1.26 bits per heavy atom. The van der Waals surface area contributed by atoms with E-state index in [0.717, 1.165) is 0 Å². The SMILES string of the molecule is CNCCN(C)C(=O)N(C)c1ccccc1C(=O)O. The van der Waals surface area contributed by atoms with Gasteiger partial charge in [0, 0.05) is 27.2 Å². The standard InChI is InChI=1S/C13H19N3O3/c1-14-8-9-15(2)13(19)16(3)11-7-5-4-6-10(11)12(17)18/h4-7,14H,8-9H2,1-3H3,(H,17,18). The van der Waals surface area contributed by atoms with Crippen LogP contribution in [0.3, 0.4) is 0 Å². The van der Waals surface area contributed by atoms with Crippen molar-refractivity contribution >= 4 is 17.7 Å². The molecule has 0 atom stereocenters. The number of para-hydroxylation sites is 1. The molecule has 2 N–H and O–H groups in total. The number of benzene rings is 1. The smallest absolute Gasteiger partial charge is 0.337 e. The van der Waals surface area contributed by atoms with Crippen molar-refractivity contribution in [2.75, 3.05) is 39.1 Å². The second kappa shape index (κ2) is 6.75. The summed E-state index contributed by atoms with van der Waals surface area (Å²) in [5.41, 5.74) is 0.497. The molecule has 0 bridgehead atoms. The summed E-state index contributed by atoms with van der Waals surface area (Å²) in [6, 6.07) is 6.20. The minimum atomic E-state index is -1.05. The summed E-state index contributed by atoms with van der Waals surface area (Å²) in [5.74, 6) is -1.05. The lowest BCUT2D eigenvalue weighted by molar-refractivity contribution is 0.0697. The van der Waals surface area contributed by atoms with E-state index in [4.69, 9.17) is 5.11 Å². The number of nitrogens with zero attached hydrogens (tertiary/aromatic N) is 2. The van der Waals surface area contributed by atoms with E-state index in [1.165, 1.54) is 15.9 Å². The zero-order valence-electron chi connectivity index (χ0n) is 11.4. The fourth-order valence-electron chi connectivity index (χ4n) is 1.68. The first-order valence-electron chi connectivity index (χ1n) is 5.94. The topological polar surface area (TPSA) is 72.9 Å². The molecular weight excluding hydrogens is 246 g/mol. The zero-order chi connectivity index (χ0) is 14.4. The molecule has 0 saturated heterocycles. The second-order valence-corrected chi connectivity index (χ2v) is 4.19. The molecule has 0 aliphatic carbocycles. The molecule has 19 heavy (non-hydrogen) atoms. The van der Waals surface area contributed by atoms with Crippen molar-refractivity contribution < 1.29 is 14.7 Å². The van der Waals surface area contributed by atoms with Gasteiger partial charge in [0.2, 0.25) is 0 Å². The number of carboxylic acids is 1. The van der Waals surface area contributed by atoms with Crippen LogP contribution in [0, 0.1) is 0 Å². The van der Waals surface area contributed by atoms with Gasteiger partial charge in [0.1, 0.15) is 0 Å². The summed E-state index contributed by atoms with van der Waals surface area (Å²) in [6.45, 7) is 1.23. The van der Waals surface area contributed by atoms with Crippen LogP contribution in [0.2, 0.25) is 0 Å². The maximum atomic E-state index is 12.2. The molecule has 6 heteroatoms.